The van der Waals surface area contributed by atoms with Crippen LogP contribution in [0, 0.1) is 0 Å². The van der Waals surface area contributed by atoms with Gasteiger partial charge in [0.15, 0.2) is 0 Å². The molecule has 1 atom stereocenters. The van der Waals surface area contributed by atoms with E-state index in [2.05, 4.69) is 9.62 Å². The van der Waals surface area contributed by atoms with E-state index >= 15 is 0 Å². The third-order valence-corrected chi connectivity index (χ3v) is 5.38. The van der Waals surface area contributed by atoms with Gasteiger partial charge in [0.25, 0.3) is 0 Å². The molecule has 1 aliphatic heterocycles. The average Bonchev–Trinajstić information content (AvgIpc) is 2.48. The van der Waals surface area contributed by atoms with E-state index in [-0.39, 0.29) is 17.5 Å². The highest BCUT2D eigenvalue weighted by Crippen LogP contribution is 2.33. The SMILES string of the molecule is CNS(=O)(=O)c1cc(N)ccc1N1CCCCC1CCO. The number of hydrogen-bond donors (Lipinski definition) is 3. The Labute approximate surface area is 126 Å². The number of rotatable bonds is 5. The molecule has 1 saturated heterocycles. The van der Waals surface area contributed by atoms with Crippen molar-refractivity contribution in [2.45, 2.75) is 36.6 Å². The van der Waals surface area contributed by atoms with Crippen LogP contribution in [0.2, 0.25) is 0 Å². The van der Waals surface area contributed by atoms with Crippen molar-refractivity contribution in [3.05, 3.63) is 18.2 Å². The predicted molar refractivity (Wildman–Crippen MR) is 83.8 cm³/mol. The van der Waals surface area contributed by atoms with E-state index in [1.165, 1.54) is 13.1 Å². The Bertz CT molecular complexity index is 587. The Morgan fingerprint density at radius 3 is 2.86 bits per heavy atom. The van der Waals surface area contributed by atoms with Crippen LogP contribution in [-0.4, -0.2) is 39.8 Å². The van der Waals surface area contributed by atoms with Gasteiger partial charge in [0.05, 0.1) is 5.69 Å². The third-order valence-electron chi connectivity index (χ3n) is 3.94. The first-order valence-corrected chi connectivity index (χ1v) is 8.68. The number of anilines is 2. The van der Waals surface area contributed by atoms with Crippen LogP contribution in [0.1, 0.15) is 25.7 Å². The van der Waals surface area contributed by atoms with Crippen LogP contribution < -0.4 is 15.4 Å². The molecule has 21 heavy (non-hydrogen) atoms. The quantitative estimate of drug-likeness (QED) is 0.703. The van der Waals surface area contributed by atoms with Crippen molar-refractivity contribution in [1.82, 2.24) is 4.72 Å². The third kappa shape index (κ3) is 3.48. The molecule has 1 fully saturated rings. The molecule has 0 spiro atoms. The number of aliphatic hydroxyl groups excluding tert-OH is 1. The van der Waals surface area contributed by atoms with Crippen molar-refractivity contribution in [3.8, 4) is 0 Å². The van der Waals surface area contributed by atoms with Gasteiger partial charge < -0.3 is 15.7 Å². The fraction of sp³-hybridized carbons (Fsp3) is 0.571. The van der Waals surface area contributed by atoms with Gasteiger partial charge in [0, 0.05) is 24.9 Å². The summed E-state index contributed by atoms with van der Waals surface area (Å²) in [6, 6.07) is 5.13. The Hall–Kier alpha value is -1.31. The van der Waals surface area contributed by atoms with Gasteiger partial charge in [-0.05, 0) is 50.9 Å². The number of nitrogen functional groups attached to an aromatic ring is 1. The van der Waals surface area contributed by atoms with Gasteiger partial charge in [0.2, 0.25) is 10.0 Å². The fourth-order valence-electron chi connectivity index (χ4n) is 2.86. The molecule has 1 aromatic rings. The van der Waals surface area contributed by atoms with E-state index in [0.717, 1.165) is 25.8 Å². The van der Waals surface area contributed by atoms with E-state index in [1.54, 1.807) is 12.1 Å². The molecule has 1 heterocycles. The minimum Gasteiger partial charge on any atom is -0.399 e. The molecular formula is C14H23N3O3S. The molecule has 1 aliphatic rings. The first-order chi connectivity index (χ1) is 9.99. The molecule has 7 heteroatoms. The molecule has 0 saturated carbocycles. The summed E-state index contributed by atoms with van der Waals surface area (Å²) < 4.78 is 26.8. The summed E-state index contributed by atoms with van der Waals surface area (Å²) >= 11 is 0. The lowest BCUT2D eigenvalue weighted by Crippen LogP contribution is -2.41. The van der Waals surface area contributed by atoms with Gasteiger partial charge >= 0.3 is 0 Å². The van der Waals surface area contributed by atoms with E-state index in [9.17, 15) is 13.5 Å². The summed E-state index contributed by atoms with van der Waals surface area (Å²) in [5, 5.41) is 9.23. The summed E-state index contributed by atoms with van der Waals surface area (Å²) in [5.41, 5.74) is 6.83. The second-order valence-corrected chi connectivity index (χ2v) is 7.14. The van der Waals surface area contributed by atoms with Crippen LogP contribution in [0.4, 0.5) is 11.4 Å². The lowest BCUT2D eigenvalue weighted by molar-refractivity contribution is 0.262. The molecule has 0 aliphatic carbocycles. The first kappa shape index (κ1) is 16.1. The molecule has 0 aromatic heterocycles. The topological polar surface area (TPSA) is 95.7 Å². The van der Waals surface area contributed by atoms with Gasteiger partial charge in [-0.15, -0.1) is 0 Å². The number of aliphatic hydroxyl groups is 1. The van der Waals surface area contributed by atoms with Gasteiger partial charge in [-0.3, -0.25) is 0 Å². The molecule has 0 radical (unpaired) electrons. The zero-order valence-corrected chi connectivity index (χ0v) is 13.1. The highest BCUT2D eigenvalue weighted by atomic mass is 32.2. The molecule has 4 N–H and O–H groups in total. The van der Waals surface area contributed by atoms with E-state index < -0.39 is 10.0 Å². The summed E-state index contributed by atoms with van der Waals surface area (Å²) in [4.78, 5) is 2.29. The maximum Gasteiger partial charge on any atom is 0.242 e. The monoisotopic (exact) mass is 313 g/mol. The zero-order valence-electron chi connectivity index (χ0n) is 12.2. The largest absolute Gasteiger partial charge is 0.399 e. The lowest BCUT2D eigenvalue weighted by Gasteiger charge is -2.38. The van der Waals surface area contributed by atoms with Crippen molar-refractivity contribution in [1.29, 1.82) is 0 Å². The van der Waals surface area contributed by atoms with E-state index in [0.29, 0.717) is 17.8 Å². The van der Waals surface area contributed by atoms with Gasteiger partial charge in [0.1, 0.15) is 4.90 Å². The van der Waals surface area contributed by atoms with Crippen molar-refractivity contribution in [2.75, 3.05) is 30.8 Å². The van der Waals surface area contributed by atoms with Crippen LogP contribution in [0.3, 0.4) is 0 Å². The number of nitrogens with one attached hydrogen (secondary N) is 1. The molecule has 0 bridgehead atoms. The number of piperidine rings is 1. The maximum absolute atomic E-state index is 12.2. The molecule has 1 aromatic carbocycles. The molecular weight excluding hydrogens is 290 g/mol. The first-order valence-electron chi connectivity index (χ1n) is 7.20. The Morgan fingerprint density at radius 2 is 2.19 bits per heavy atom. The fourth-order valence-corrected chi connectivity index (χ4v) is 3.83. The van der Waals surface area contributed by atoms with Crippen LogP contribution in [0.15, 0.2) is 23.1 Å². The maximum atomic E-state index is 12.2. The molecule has 6 nitrogen and oxygen atoms in total. The van der Waals surface area contributed by atoms with Crippen LogP contribution in [0.5, 0.6) is 0 Å². The number of nitrogens with two attached hydrogens (primary N) is 1. The normalized spacial score (nSPS) is 19.7. The van der Waals surface area contributed by atoms with Gasteiger partial charge in [-0.1, -0.05) is 0 Å². The molecule has 1 unspecified atom stereocenters. The highest BCUT2D eigenvalue weighted by molar-refractivity contribution is 7.89. The van der Waals surface area contributed by atoms with Crippen LogP contribution in [0.25, 0.3) is 0 Å². The van der Waals surface area contributed by atoms with Crippen molar-refractivity contribution in [3.63, 3.8) is 0 Å². The van der Waals surface area contributed by atoms with Crippen LogP contribution in [-0.2, 0) is 10.0 Å². The molecule has 2 rings (SSSR count). The standard InChI is InChI=1S/C14H23N3O3S/c1-16-21(19,20)14-10-11(15)5-6-13(14)17-8-3-2-4-12(17)7-9-18/h5-6,10,12,16,18H,2-4,7-9,15H2,1H3. The van der Waals surface area contributed by atoms with E-state index in [4.69, 9.17) is 5.73 Å². The zero-order chi connectivity index (χ0) is 15.5. The van der Waals surface area contributed by atoms with Crippen molar-refractivity contribution < 1.29 is 13.5 Å². The lowest BCUT2D eigenvalue weighted by atomic mass is 9.98. The summed E-state index contributed by atoms with van der Waals surface area (Å²) in [5.74, 6) is 0. The smallest absolute Gasteiger partial charge is 0.242 e. The minimum absolute atomic E-state index is 0.101. The van der Waals surface area contributed by atoms with Gasteiger partial charge in [-0.2, -0.15) is 0 Å². The Morgan fingerprint density at radius 1 is 1.43 bits per heavy atom. The highest BCUT2D eigenvalue weighted by Gasteiger charge is 2.27. The van der Waals surface area contributed by atoms with Gasteiger partial charge in [-0.25, -0.2) is 13.1 Å². The van der Waals surface area contributed by atoms with Crippen molar-refractivity contribution >= 4 is 21.4 Å². The molecule has 0 amide bonds. The predicted octanol–water partition coefficient (Wildman–Crippen LogP) is 0.918. The number of nitrogens with zero attached hydrogens (tertiary/aromatic N) is 1. The Kier molecular flexibility index (Phi) is 5.08. The minimum atomic E-state index is -3.57. The van der Waals surface area contributed by atoms with Crippen LogP contribution >= 0.6 is 0 Å². The van der Waals surface area contributed by atoms with E-state index in [1.807, 2.05) is 0 Å². The summed E-state index contributed by atoms with van der Waals surface area (Å²) in [7, 11) is -2.18. The second-order valence-electron chi connectivity index (χ2n) is 5.29. The number of benzene rings is 1. The second kappa shape index (κ2) is 6.64. The summed E-state index contributed by atoms with van der Waals surface area (Å²) in [6.45, 7) is 0.894. The number of hydrogen-bond acceptors (Lipinski definition) is 5. The van der Waals surface area contributed by atoms with Crippen molar-refractivity contribution in [2.24, 2.45) is 0 Å². The summed E-state index contributed by atoms with van der Waals surface area (Å²) in [6.07, 6.45) is 3.73. The average molecular weight is 313 g/mol. The number of sulfonamides is 1. The Balaban J connectivity index is 2.47. The molecule has 118 valence electrons.